The molecule has 2 atom stereocenters. The van der Waals surface area contributed by atoms with E-state index < -0.39 is 11.9 Å². The van der Waals surface area contributed by atoms with Gasteiger partial charge in [0.15, 0.2) is 0 Å². The standard InChI is InChI=1S/C15H20N2O3/c1-10(14(18)16(2)3)17-9-8-12(15(19)20)11-6-4-5-7-13(11)17/h4-7,10,12H,8-9H2,1-3H3,(H,19,20). The molecule has 0 radical (unpaired) electrons. The number of anilines is 1. The Hall–Kier alpha value is -2.04. The summed E-state index contributed by atoms with van der Waals surface area (Å²) in [7, 11) is 3.46. The Bertz CT molecular complexity index is 528. The van der Waals surface area contributed by atoms with Gasteiger partial charge in [0.05, 0.1) is 5.92 Å². The van der Waals surface area contributed by atoms with Crippen LogP contribution in [0.4, 0.5) is 5.69 Å². The van der Waals surface area contributed by atoms with Crippen LogP contribution >= 0.6 is 0 Å². The number of fused-ring (bicyclic) bond motifs is 1. The largest absolute Gasteiger partial charge is 0.481 e. The zero-order valence-corrected chi connectivity index (χ0v) is 12.0. The topological polar surface area (TPSA) is 60.9 Å². The Balaban J connectivity index is 2.36. The lowest BCUT2D eigenvalue weighted by Crippen LogP contribution is -2.47. The van der Waals surface area contributed by atoms with E-state index in [1.165, 1.54) is 0 Å². The second kappa shape index (κ2) is 5.53. The third-order valence-electron chi connectivity index (χ3n) is 3.84. The lowest BCUT2D eigenvalue weighted by Gasteiger charge is -2.38. The first-order valence-corrected chi connectivity index (χ1v) is 6.73. The van der Waals surface area contributed by atoms with Gasteiger partial charge in [-0.05, 0) is 25.0 Å². The van der Waals surface area contributed by atoms with E-state index in [4.69, 9.17) is 0 Å². The first-order valence-electron chi connectivity index (χ1n) is 6.73. The van der Waals surface area contributed by atoms with E-state index in [0.29, 0.717) is 13.0 Å². The number of carboxylic acids is 1. The number of nitrogens with zero attached hydrogens (tertiary/aromatic N) is 2. The number of carboxylic acid groups (broad SMARTS) is 1. The van der Waals surface area contributed by atoms with Crippen LogP contribution < -0.4 is 4.90 Å². The summed E-state index contributed by atoms with van der Waals surface area (Å²) in [5.74, 6) is -1.26. The summed E-state index contributed by atoms with van der Waals surface area (Å²) in [6.07, 6.45) is 0.525. The lowest BCUT2D eigenvalue weighted by molar-refractivity contribution is -0.139. The first-order chi connectivity index (χ1) is 9.43. The van der Waals surface area contributed by atoms with E-state index >= 15 is 0 Å². The highest BCUT2D eigenvalue weighted by molar-refractivity contribution is 5.87. The summed E-state index contributed by atoms with van der Waals surface area (Å²) in [4.78, 5) is 27.0. The number of likely N-dealkylation sites (N-methyl/N-ethyl adjacent to an activating group) is 1. The van der Waals surface area contributed by atoms with Gasteiger partial charge in [0, 0.05) is 26.3 Å². The zero-order chi connectivity index (χ0) is 14.9. The van der Waals surface area contributed by atoms with Crippen molar-refractivity contribution in [1.29, 1.82) is 0 Å². The number of rotatable bonds is 3. The zero-order valence-electron chi connectivity index (χ0n) is 12.0. The summed E-state index contributed by atoms with van der Waals surface area (Å²) < 4.78 is 0. The number of carbonyl (C=O) groups is 2. The third-order valence-corrected chi connectivity index (χ3v) is 3.84. The maximum atomic E-state index is 12.1. The molecule has 5 nitrogen and oxygen atoms in total. The molecule has 0 spiro atoms. The average Bonchev–Trinajstić information content (AvgIpc) is 2.44. The summed E-state index contributed by atoms with van der Waals surface area (Å²) in [5.41, 5.74) is 1.65. The predicted octanol–water partition coefficient (Wildman–Crippen LogP) is 1.54. The monoisotopic (exact) mass is 276 g/mol. The molecule has 0 fully saturated rings. The third kappa shape index (κ3) is 2.48. The van der Waals surface area contributed by atoms with Gasteiger partial charge in [0.25, 0.3) is 0 Å². The van der Waals surface area contributed by atoms with Crippen LogP contribution in [0.3, 0.4) is 0 Å². The Morgan fingerprint density at radius 3 is 2.60 bits per heavy atom. The van der Waals surface area contributed by atoms with Gasteiger partial charge in [-0.2, -0.15) is 0 Å². The van der Waals surface area contributed by atoms with Gasteiger partial charge >= 0.3 is 5.97 Å². The van der Waals surface area contributed by atoms with Crippen molar-refractivity contribution in [3.8, 4) is 0 Å². The number of aliphatic carboxylic acids is 1. The number of carbonyl (C=O) groups excluding carboxylic acids is 1. The number of hydrogen-bond donors (Lipinski definition) is 1. The van der Waals surface area contributed by atoms with Gasteiger partial charge in [-0.15, -0.1) is 0 Å². The van der Waals surface area contributed by atoms with Gasteiger partial charge in [-0.3, -0.25) is 9.59 Å². The SMILES string of the molecule is CC(C(=O)N(C)C)N1CCC(C(=O)O)c2ccccc21. The predicted molar refractivity (Wildman–Crippen MR) is 76.9 cm³/mol. The average molecular weight is 276 g/mol. The smallest absolute Gasteiger partial charge is 0.311 e. The molecule has 0 aliphatic carbocycles. The molecule has 2 unspecified atom stereocenters. The Morgan fingerprint density at radius 2 is 2.00 bits per heavy atom. The summed E-state index contributed by atoms with van der Waals surface area (Å²) in [6, 6.07) is 7.16. The summed E-state index contributed by atoms with van der Waals surface area (Å²) >= 11 is 0. The maximum absolute atomic E-state index is 12.1. The van der Waals surface area contributed by atoms with Crippen LogP contribution in [0, 0.1) is 0 Å². The van der Waals surface area contributed by atoms with E-state index in [-0.39, 0.29) is 11.9 Å². The van der Waals surface area contributed by atoms with Crippen LogP contribution in [-0.2, 0) is 9.59 Å². The molecular weight excluding hydrogens is 256 g/mol. The minimum atomic E-state index is -0.802. The highest BCUT2D eigenvalue weighted by Gasteiger charge is 2.33. The molecule has 2 rings (SSSR count). The van der Waals surface area contributed by atoms with Crippen molar-refractivity contribution in [3.63, 3.8) is 0 Å². The molecule has 0 saturated carbocycles. The Labute approximate surface area is 118 Å². The van der Waals surface area contributed by atoms with E-state index in [1.54, 1.807) is 19.0 Å². The van der Waals surface area contributed by atoms with Crippen molar-refractivity contribution in [1.82, 2.24) is 4.90 Å². The fourth-order valence-corrected chi connectivity index (χ4v) is 2.75. The van der Waals surface area contributed by atoms with Gasteiger partial charge in [0.1, 0.15) is 6.04 Å². The van der Waals surface area contributed by atoms with Crippen molar-refractivity contribution in [3.05, 3.63) is 29.8 Å². The lowest BCUT2D eigenvalue weighted by atomic mass is 9.89. The van der Waals surface area contributed by atoms with E-state index in [0.717, 1.165) is 11.3 Å². The van der Waals surface area contributed by atoms with Crippen molar-refractivity contribution in [2.75, 3.05) is 25.5 Å². The Morgan fingerprint density at radius 1 is 1.35 bits per heavy atom. The van der Waals surface area contributed by atoms with Gasteiger partial charge in [0.2, 0.25) is 5.91 Å². The molecule has 0 bridgehead atoms. The quantitative estimate of drug-likeness (QED) is 0.909. The van der Waals surface area contributed by atoms with Crippen LogP contribution in [0.15, 0.2) is 24.3 Å². The van der Waals surface area contributed by atoms with Gasteiger partial charge in [-0.1, -0.05) is 18.2 Å². The molecule has 1 aliphatic rings. The van der Waals surface area contributed by atoms with Crippen LogP contribution in [0.5, 0.6) is 0 Å². The van der Waals surface area contributed by atoms with E-state index in [2.05, 4.69) is 0 Å². The van der Waals surface area contributed by atoms with E-state index in [1.807, 2.05) is 36.1 Å². The molecule has 0 aromatic heterocycles. The fraction of sp³-hybridized carbons (Fsp3) is 0.467. The molecule has 108 valence electrons. The van der Waals surface area contributed by atoms with Gasteiger partial charge in [-0.25, -0.2) is 0 Å². The van der Waals surface area contributed by atoms with Crippen molar-refractivity contribution >= 4 is 17.6 Å². The molecule has 1 aromatic rings. The van der Waals surface area contributed by atoms with Crippen LogP contribution in [0.2, 0.25) is 0 Å². The minimum Gasteiger partial charge on any atom is -0.481 e. The second-order valence-corrected chi connectivity index (χ2v) is 5.34. The van der Waals surface area contributed by atoms with Crippen molar-refractivity contribution in [2.45, 2.75) is 25.3 Å². The minimum absolute atomic E-state index is 0.0218. The molecular formula is C15H20N2O3. The van der Waals surface area contributed by atoms with Crippen LogP contribution in [0.25, 0.3) is 0 Å². The first kappa shape index (κ1) is 14.4. The molecule has 20 heavy (non-hydrogen) atoms. The molecule has 5 heteroatoms. The van der Waals surface area contributed by atoms with Crippen molar-refractivity contribution in [2.24, 2.45) is 0 Å². The molecule has 1 N–H and O–H groups in total. The molecule has 0 saturated heterocycles. The van der Waals surface area contributed by atoms with Crippen LogP contribution in [0.1, 0.15) is 24.8 Å². The molecule has 1 aliphatic heterocycles. The van der Waals surface area contributed by atoms with E-state index in [9.17, 15) is 14.7 Å². The highest BCUT2D eigenvalue weighted by atomic mass is 16.4. The molecule has 1 aromatic carbocycles. The van der Waals surface area contributed by atoms with Gasteiger partial charge < -0.3 is 14.9 Å². The Kier molecular flexibility index (Phi) is 3.97. The summed E-state index contributed by atoms with van der Waals surface area (Å²) in [6.45, 7) is 2.44. The number of para-hydroxylation sites is 1. The van der Waals surface area contributed by atoms with Crippen molar-refractivity contribution < 1.29 is 14.7 Å². The maximum Gasteiger partial charge on any atom is 0.311 e. The highest BCUT2D eigenvalue weighted by Crippen LogP contribution is 2.36. The van der Waals surface area contributed by atoms with Crippen LogP contribution in [-0.4, -0.2) is 48.6 Å². The number of amides is 1. The number of benzene rings is 1. The molecule has 1 amide bonds. The molecule has 1 heterocycles. The number of hydrogen-bond acceptors (Lipinski definition) is 3. The fourth-order valence-electron chi connectivity index (χ4n) is 2.75. The second-order valence-electron chi connectivity index (χ2n) is 5.34. The summed E-state index contributed by atoms with van der Waals surface area (Å²) in [5, 5.41) is 9.31. The normalized spacial score (nSPS) is 19.1.